The number of amides is 3. The predicted octanol–water partition coefficient (Wildman–Crippen LogP) is 2.20. The molecule has 0 saturated carbocycles. The third-order valence-electron chi connectivity index (χ3n) is 4.36. The SMILES string of the molecule is CC1(c2ccc(S(C)(=O)=O)cc2)NC(=O)N(Cc2cccc(F)c2)C1=O. The van der Waals surface area contributed by atoms with Crippen LogP contribution in [0.4, 0.5) is 9.18 Å². The lowest BCUT2D eigenvalue weighted by molar-refractivity contribution is -0.131. The molecular weight excluding hydrogens is 359 g/mol. The summed E-state index contributed by atoms with van der Waals surface area (Å²) in [5, 5.41) is 2.63. The van der Waals surface area contributed by atoms with Crippen LogP contribution in [0.25, 0.3) is 0 Å². The van der Waals surface area contributed by atoms with Gasteiger partial charge >= 0.3 is 6.03 Å². The summed E-state index contributed by atoms with van der Waals surface area (Å²) in [4.78, 5) is 26.3. The maximum absolute atomic E-state index is 13.3. The number of urea groups is 1. The standard InChI is InChI=1S/C18H17FN2O4S/c1-18(13-6-8-15(9-7-13)26(2,24)25)16(22)21(17(23)20-18)11-12-4-3-5-14(19)10-12/h3-10H,11H2,1-2H3,(H,20,23). The van der Waals surface area contributed by atoms with Crippen LogP contribution in [-0.4, -0.2) is 31.5 Å². The summed E-state index contributed by atoms with van der Waals surface area (Å²) in [6.07, 6.45) is 1.09. The molecule has 1 saturated heterocycles. The largest absolute Gasteiger partial charge is 0.325 e. The zero-order valence-electron chi connectivity index (χ0n) is 14.2. The molecule has 1 atom stereocenters. The van der Waals surface area contributed by atoms with Crippen LogP contribution in [0.3, 0.4) is 0 Å². The van der Waals surface area contributed by atoms with Gasteiger partial charge in [0.25, 0.3) is 5.91 Å². The number of carbonyl (C=O) groups is 2. The normalized spacial score (nSPS) is 20.3. The van der Waals surface area contributed by atoms with Gasteiger partial charge in [0.05, 0.1) is 11.4 Å². The molecule has 3 amide bonds. The van der Waals surface area contributed by atoms with Crippen molar-refractivity contribution in [3.8, 4) is 0 Å². The molecule has 1 N–H and O–H groups in total. The molecule has 2 aromatic rings. The van der Waals surface area contributed by atoms with E-state index in [-0.39, 0.29) is 11.4 Å². The molecule has 0 radical (unpaired) electrons. The first-order valence-electron chi connectivity index (χ1n) is 7.80. The van der Waals surface area contributed by atoms with Crippen LogP contribution in [-0.2, 0) is 26.7 Å². The number of nitrogens with zero attached hydrogens (tertiary/aromatic N) is 1. The van der Waals surface area contributed by atoms with Crippen molar-refractivity contribution in [2.75, 3.05) is 6.26 Å². The van der Waals surface area contributed by atoms with Crippen molar-refractivity contribution in [2.24, 2.45) is 0 Å². The van der Waals surface area contributed by atoms with Crippen molar-refractivity contribution in [2.45, 2.75) is 23.9 Å². The van der Waals surface area contributed by atoms with Gasteiger partial charge in [0.15, 0.2) is 9.84 Å². The van der Waals surface area contributed by atoms with Crippen LogP contribution < -0.4 is 5.32 Å². The van der Waals surface area contributed by atoms with E-state index in [2.05, 4.69) is 5.32 Å². The summed E-state index contributed by atoms with van der Waals surface area (Å²) in [5.74, 6) is -0.937. The molecule has 8 heteroatoms. The van der Waals surface area contributed by atoms with Crippen molar-refractivity contribution in [3.63, 3.8) is 0 Å². The molecule has 3 rings (SSSR count). The molecule has 0 spiro atoms. The van der Waals surface area contributed by atoms with Crippen LogP contribution in [0.1, 0.15) is 18.1 Å². The highest BCUT2D eigenvalue weighted by molar-refractivity contribution is 7.90. The lowest BCUT2D eigenvalue weighted by Gasteiger charge is -2.22. The molecule has 0 aliphatic carbocycles. The number of hydrogen-bond acceptors (Lipinski definition) is 4. The summed E-state index contributed by atoms with van der Waals surface area (Å²) >= 11 is 0. The van der Waals surface area contributed by atoms with Crippen molar-refractivity contribution in [1.29, 1.82) is 0 Å². The summed E-state index contributed by atoms with van der Waals surface area (Å²) in [5.41, 5.74) is -0.365. The van der Waals surface area contributed by atoms with Gasteiger partial charge in [-0.05, 0) is 42.3 Å². The third kappa shape index (κ3) is 3.20. The van der Waals surface area contributed by atoms with Crippen molar-refractivity contribution < 1.29 is 22.4 Å². The number of rotatable bonds is 4. The van der Waals surface area contributed by atoms with Gasteiger partial charge in [-0.1, -0.05) is 24.3 Å². The topological polar surface area (TPSA) is 83.6 Å². The first-order valence-corrected chi connectivity index (χ1v) is 9.69. The van der Waals surface area contributed by atoms with Gasteiger partial charge in [0.1, 0.15) is 11.4 Å². The molecule has 2 aromatic carbocycles. The first-order chi connectivity index (χ1) is 12.1. The molecule has 136 valence electrons. The molecule has 0 bridgehead atoms. The fourth-order valence-electron chi connectivity index (χ4n) is 2.89. The highest BCUT2D eigenvalue weighted by Crippen LogP contribution is 2.30. The highest BCUT2D eigenvalue weighted by atomic mass is 32.2. The summed E-state index contributed by atoms with van der Waals surface area (Å²) in [6, 6.07) is 10.9. The Kier molecular flexibility index (Phi) is 4.31. The second-order valence-electron chi connectivity index (χ2n) is 6.37. The van der Waals surface area contributed by atoms with Gasteiger partial charge in [-0.3, -0.25) is 9.69 Å². The molecule has 1 fully saturated rings. The monoisotopic (exact) mass is 376 g/mol. The van der Waals surface area contributed by atoms with Gasteiger partial charge in [0.2, 0.25) is 0 Å². The van der Waals surface area contributed by atoms with Gasteiger partial charge in [-0.2, -0.15) is 0 Å². The summed E-state index contributed by atoms with van der Waals surface area (Å²) < 4.78 is 36.5. The number of carbonyl (C=O) groups excluding carboxylic acids is 2. The van der Waals surface area contributed by atoms with E-state index in [1.807, 2.05) is 0 Å². The minimum absolute atomic E-state index is 0.0561. The Hall–Kier alpha value is -2.74. The van der Waals surface area contributed by atoms with E-state index >= 15 is 0 Å². The second kappa shape index (κ2) is 6.21. The minimum atomic E-state index is -3.36. The quantitative estimate of drug-likeness (QED) is 0.829. The van der Waals surface area contributed by atoms with Crippen LogP contribution in [0.5, 0.6) is 0 Å². The Balaban J connectivity index is 1.89. The highest BCUT2D eigenvalue weighted by Gasteiger charge is 2.48. The fourth-order valence-corrected chi connectivity index (χ4v) is 3.52. The second-order valence-corrected chi connectivity index (χ2v) is 8.39. The molecule has 1 unspecified atom stereocenters. The third-order valence-corrected chi connectivity index (χ3v) is 5.49. The molecule has 0 aromatic heterocycles. The Bertz CT molecular complexity index is 989. The molecule has 26 heavy (non-hydrogen) atoms. The Labute approximate surface area is 150 Å². The van der Waals surface area contributed by atoms with E-state index in [0.717, 1.165) is 11.2 Å². The van der Waals surface area contributed by atoms with E-state index in [4.69, 9.17) is 0 Å². The zero-order valence-corrected chi connectivity index (χ0v) is 15.0. The Morgan fingerprint density at radius 1 is 1.12 bits per heavy atom. The zero-order chi connectivity index (χ0) is 19.1. The van der Waals surface area contributed by atoms with E-state index in [0.29, 0.717) is 11.1 Å². The number of sulfone groups is 1. The lowest BCUT2D eigenvalue weighted by Crippen LogP contribution is -2.40. The van der Waals surface area contributed by atoms with E-state index in [1.54, 1.807) is 13.0 Å². The van der Waals surface area contributed by atoms with Gasteiger partial charge in [-0.15, -0.1) is 0 Å². The first kappa shape index (κ1) is 18.1. The lowest BCUT2D eigenvalue weighted by atomic mass is 9.92. The molecule has 6 nitrogen and oxygen atoms in total. The molecule has 1 aliphatic rings. The van der Waals surface area contributed by atoms with Gasteiger partial charge in [-0.25, -0.2) is 17.6 Å². The Morgan fingerprint density at radius 2 is 1.77 bits per heavy atom. The van der Waals surface area contributed by atoms with Gasteiger partial charge < -0.3 is 5.32 Å². The van der Waals surface area contributed by atoms with E-state index in [1.165, 1.54) is 42.5 Å². The summed E-state index contributed by atoms with van der Waals surface area (Å²) in [6.45, 7) is 1.49. The van der Waals surface area contributed by atoms with Crippen LogP contribution >= 0.6 is 0 Å². The van der Waals surface area contributed by atoms with E-state index in [9.17, 15) is 22.4 Å². The summed E-state index contributed by atoms with van der Waals surface area (Å²) in [7, 11) is -3.36. The molecule has 1 aliphatic heterocycles. The number of imide groups is 1. The molecule has 1 heterocycles. The number of hydrogen-bond donors (Lipinski definition) is 1. The van der Waals surface area contributed by atoms with Crippen molar-refractivity contribution in [1.82, 2.24) is 10.2 Å². The predicted molar refractivity (Wildman–Crippen MR) is 92.4 cm³/mol. The van der Waals surface area contributed by atoms with Crippen LogP contribution in [0.2, 0.25) is 0 Å². The number of nitrogens with one attached hydrogen (secondary N) is 1. The Morgan fingerprint density at radius 3 is 2.35 bits per heavy atom. The van der Waals surface area contributed by atoms with Crippen molar-refractivity contribution >= 4 is 21.8 Å². The maximum atomic E-state index is 13.3. The maximum Gasteiger partial charge on any atom is 0.325 e. The van der Waals surface area contributed by atoms with E-state index < -0.39 is 33.1 Å². The average molecular weight is 376 g/mol. The number of benzene rings is 2. The van der Waals surface area contributed by atoms with Crippen molar-refractivity contribution in [3.05, 3.63) is 65.5 Å². The van der Waals surface area contributed by atoms with Gasteiger partial charge in [0, 0.05) is 6.26 Å². The molecular formula is C18H17FN2O4S. The fraction of sp³-hybridized carbons (Fsp3) is 0.222. The average Bonchev–Trinajstić information content (AvgIpc) is 2.79. The number of halogens is 1. The van der Waals surface area contributed by atoms with Crippen LogP contribution in [0, 0.1) is 5.82 Å². The van der Waals surface area contributed by atoms with Crippen LogP contribution in [0.15, 0.2) is 53.4 Å². The minimum Gasteiger partial charge on any atom is -0.319 e. The smallest absolute Gasteiger partial charge is 0.319 e.